The van der Waals surface area contributed by atoms with Gasteiger partial charge in [-0.15, -0.1) is 0 Å². The molecule has 0 bridgehead atoms. The maximum atomic E-state index is 10.7. The average molecular weight is 402 g/mol. The topological polar surface area (TPSA) is 62.7 Å². The summed E-state index contributed by atoms with van der Waals surface area (Å²) in [6, 6.07) is 22.4. The Hall–Kier alpha value is -3.18. The van der Waals surface area contributed by atoms with Crippen LogP contribution in [-0.4, -0.2) is 34.0 Å². The minimum Gasteiger partial charge on any atom is -0.489 e. The van der Waals surface area contributed by atoms with Crippen molar-refractivity contribution in [2.24, 2.45) is 0 Å². The van der Waals surface area contributed by atoms with Crippen LogP contribution < -0.4 is 4.74 Å². The standard InChI is InChI=1S/C25H26N2O3/c28-25(29)7-4-15-27-16-14-24-21(17-27)10-13-23(26-24)20-8-11-22(12-9-20)30-18-19-5-2-1-3-6-19/h1-3,5-6,8-13H,4,7,14-18H2,(H,28,29). The lowest BCUT2D eigenvalue weighted by molar-refractivity contribution is -0.137. The average Bonchev–Trinajstić information content (AvgIpc) is 2.78. The molecule has 5 heteroatoms. The van der Waals surface area contributed by atoms with Crippen molar-refractivity contribution in [3.63, 3.8) is 0 Å². The van der Waals surface area contributed by atoms with Gasteiger partial charge in [0, 0.05) is 37.2 Å². The van der Waals surface area contributed by atoms with Crippen molar-refractivity contribution >= 4 is 5.97 Å². The highest BCUT2D eigenvalue weighted by Crippen LogP contribution is 2.25. The first-order valence-corrected chi connectivity index (χ1v) is 10.4. The van der Waals surface area contributed by atoms with E-state index in [0.717, 1.165) is 54.3 Å². The molecule has 2 heterocycles. The summed E-state index contributed by atoms with van der Waals surface area (Å²) in [6.45, 7) is 3.14. The van der Waals surface area contributed by atoms with Crippen LogP contribution in [0.1, 0.15) is 29.7 Å². The van der Waals surface area contributed by atoms with Crippen LogP contribution >= 0.6 is 0 Å². The molecule has 1 aliphatic heterocycles. The van der Waals surface area contributed by atoms with Gasteiger partial charge in [-0.05, 0) is 54.4 Å². The molecule has 1 N–H and O–H groups in total. The Morgan fingerprint density at radius 2 is 1.83 bits per heavy atom. The van der Waals surface area contributed by atoms with Crippen LogP contribution in [0.25, 0.3) is 11.3 Å². The van der Waals surface area contributed by atoms with Crippen molar-refractivity contribution < 1.29 is 14.6 Å². The number of carbonyl (C=O) groups is 1. The molecule has 0 spiro atoms. The Balaban J connectivity index is 1.36. The number of rotatable bonds is 8. The molecule has 1 aliphatic rings. The fourth-order valence-electron chi connectivity index (χ4n) is 3.74. The molecule has 0 saturated carbocycles. The molecule has 3 aromatic rings. The third kappa shape index (κ3) is 5.24. The van der Waals surface area contributed by atoms with E-state index >= 15 is 0 Å². The van der Waals surface area contributed by atoms with E-state index in [1.807, 2.05) is 30.3 Å². The van der Waals surface area contributed by atoms with Crippen molar-refractivity contribution in [3.8, 4) is 17.0 Å². The molecular formula is C25H26N2O3. The summed E-state index contributed by atoms with van der Waals surface area (Å²) >= 11 is 0. The van der Waals surface area contributed by atoms with Gasteiger partial charge in [0.25, 0.3) is 0 Å². The third-order valence-electron chi connectivity index (χ3n) is 5.39. The maximum absolute atomic E-state index is 10.7. The lowest BCUT2D eigenvalue weighted by atomic mass is 10.0. The van der Waals surface area contributed by atoms with Crippen molar-refractivity contribution in [1.29, 1.82) is 0 Å². The van der Waals surface area contributed by atoms with E-state index in [-0.39, 0.29) is 6.42 Å². The summed E-state index contributed by atoms with van der Waals surface area (Å²) in [5, 5.41) is 8.80. The summed E-state index contributed by atoms with van der Waals surface area (Å²) in [5.41, 5.74) is 5.58. The summed E-state index contributed by atoms with van der Waals surface area (Å²) in [6.07, 6.45) is 1.81. The van der Waals surface area contributed by atoms with Gasteiger partial charge in [0.05, 0.1) is 5.69 Å². The molecular weight excluding hydrogens is 376 g/mol. The molecule has 0 amide bonds. The van der Waals surface area contributed by atoms with Gasteiger partial charge < -0.3 is 9.84 Å². The van der Waals surface area contributed by atoms with E-state index in [9.17, 15) is 4.79 Å². The molecule has 0 radical (unpaired) electrons. The van der Waals surface area contributed by atoms with Crippen molar-refractivity contribution in [2.75, 3.05) is 13.1 Å². The highest BCUT2D eigenvalue weighted by Gasteiger charge is 2.18. The molecule has 0 aliphatic carbocycles. The predicted molar refractivity (Wildman–Crippen MR) is 116 cm³/mol. The van der Waals surface area contributed by atoms with Gasteiger partial charge in [-0.2, -0.15) is 0 Å². The first kappa shape index (κ1) is 20.1. The summed E-state index contributed by atoms with van der Waals surface area (Å²) in [5.74, 6) is 0.118. The Kier molecular flexibility index (Phi) is 6.40. The van der Waals surface area contributed by atoms with Crippen molar-refractivity contribution in [1.82, 2.24) is 9.88 Å². The molecule has 0 unspecified atom stereocenters. The number of benzene rings is 2. The zero-order valence-corrected chi connectivity index (χ0v) is 17.0. The van der Waals surface area contributed by atoms with E-state index in [4.69, 9.17) is 14.8 Å². The smallest absolute Gasteiger partial charge is 0.303 e. The minimum atomic E-state index is -0.727. The fourth-order valence-corrected chi connectivity index (χ4v) is 3.74. The second-order valence-electron chi connectivity index (χ2n) is 7.62. The molecule has 4 rings (SSSR count). The number of ether oxygens (including phenoxy) is 1. The van der Waals surface area contributed by atoms with Gasteiger partial charge in [0.1, 0.15) is 12.4 Å². The number of carboxylic acid groups (broad SMARTS) is 1. The molecule has 30 heavy (non-hydrogen) atoms. The van der Waals surface area contributed by atoms with E-state index < -0.39 is 5.97 Å². The monoisotopic (exact) mass is 402 g/mol. The van der Waals surface area contributed by atoms with E-state index in [2.05, 4.69) is 41.3 Å². The summed E-state index contributed by atoms with van der Waals surface area (Å²) in [7, 11) is 0. The number of hydrogen-bond donors (Lipinski definition) is 1. The number of nitrogens with zero attached hydrogens (tertiary/aromatic N) is 2. The first-order chi connectivity index (χ1) is 14.7. The number of hydrogen-bond acceptors (Lipinski definition) is 4. The zero-order chi connectivity index (χ0) is 20.8. The molecule has 0 saturated heterocycles. The largest absolute Gasteiger partial charge is 0.489 e. The normalized spacial score (nSPS) is 13.6. The van der Waals surface area contributed by atoms with Crippen LogP contribution in [0.4, 0.5) is 0 Å². The maximum Gasteiger partial charge on any atom is 0.303 e. The van der Waals surface area contributed by atoms with Crippen molar-refractivity contribution in [3.05, 3.63) is 83.6 Å². The second kappa shape index (κ2) is 9.55. The lowest BCUT2D eigenvalue weighted by Crippen LogP contribution is -2.32. The second-order valence-corrected chi connectivity index (χ2v) is 7.62. The Bertz CT molecular complexity index is 987. The van der Waals surface area contributed by atoms with Crippen LogP contribution in [0.3, 0.4) is 0 Å². The quantitative estimate of drug-likeness (QED) is 0.599. The highest BCUT2D eigenvalue weighted by atomic mass is 16.5. The third-order valence-corrected chi connectivity index (χ3v) is 5.39. The van der Waals surface area contributed by atoms with Gasteiger partial charge in [0.15, 0.2) is 0 Å². The Labute approximate surface area is 177 Å². The molecule has 0 atom stereocenters. The zero-order valence-electron chi connectivity index (χ0n) is 17.0. The molecule has 2 aromatic carbocycles. The van der Waals surface area contributed by atoms with Gasteiger partial charge in [0.2, 0.25) is 0 Å². The van der Waals surface area contributed by atoms with Gasteiger partial charge >= 0.3 is 5.97 Å². The lowest BCUT2D eigenvalue weighted by Gasteiger charge is -2.28. The molecule has 0 fully saturated rings. The number of pyridine rings is 1. The fraction of sp³-hybridized carbons (Fsp3) is 0.280. The Morgan fingerprint density at radius 1 is 1.03 bits per heavy atom. The van der Waals surface area contributed by atoms with E-state index in [1.165, 1.54) is 5.56 Å². The van der Waals surface area contributed by atoms with Gasteiger partial charge in [-0.3, -0.25) is 14.7 Å². The molecule has 1 aromatic heterocycles. The first-order valence-electron chi connectivity index (χ1n) is 10.4. The van der Waals surface area contributed by atoms with Crippen LogP contribution in [0.15, 0.2) is 66.7 Å². The summed E-state index contributed by atoms with van der Waals surface area (Å²) < 4.78 is 5.87. The number of fused-ring (bicyclic) bond motifs is 1. The number of carboxylic acids is 1. The van der Waals surface area contributed by atoms with Crippen LogP contribution in [0.2, 0.25) is 0 Å². The Morgan fingerprint density at radius 3 is 2.60 bits per heavy atom. The van der Waals surface area contributed by atoms with Crippen LogP contribution in [-0.2, 0) is 24.4 Å². The van der Waals surface area contributed by atoms with Crippen LogP contribution in [0, 0.1) is 0 Å². The summed E-state index contributed by atoms with van der Waals surface area (Å²) in [4.78, 5) is 17.9. The number of aliphatic carboxylic acids is 1. The van der Waals surface area contributed by atoms with E-state index in [1.54, 1.807) is 0 Å². The van der Waals surface area contributed by atoms with Crippen LogP contribution in [0.5, 0.6) is 5.75 Å². The molecule has 154 valence electrons. The van der Waals surface area contributed by atoms with Gasteiger partial charge in [-0.25, -0.2) is 0 Å². The van der Waals surface area contributed by atoms with Gasteiger partial charge in [-0.1, -0.05) is 36.4 Å². The number of aromatic nitrogens is 1. The molecule has 5 nitrogen and oxygen atoms in total. The van der Waals surface area contributed by atoms with Crippen molar-refractivity contribution in [2.45, 2.75) is 32.4 Å². The van der Waals surface area contributed by atoms with E-state index in [0.29, 0.717) is 13.0 Å². The minimum absolute atomic E-state index is 0.228. The SMILES string of the molecule is O=C(O)CCCN1CCc2nc(-c3ccc(OCc4ccccc4)cc3)ccc2C1. The predicted octanol–water partition coefficient (Wildman–Crippen LogP) is 4.55. The highest BCUT2D eigenvalue weighted by molar-refractivity contribution is 5.66.